The molecule has 140 valence electrons. The summed E-state index contributed by atoms with van der Waals surface area (Å²) < 4.78 is 29.3. The maximum absolute atomic E-state index is 12.3. The van der Waals surface area contributed by atoms with Crippen LogP contribution in [0.25, 0.3) is 11.5 Å². The smallest absolute Gasteiger partial charge is 0.258 e. The first-order valence-electron chi connectivity index (χ1n) is 8.45. The van der Waals surface area contributed by atoms with E-state index in [1.165, 1.54) is 0 Å². The lowest BCUT2D eigenvalue weighted by molar-refractivity contribution is -0.122. The van der Waals surface area contributed by atoms with Crippen LogP contribution in [-0.4, -0.2) is 36.0 Å². The van der Waals surface area contributed by atoms with Gasteiger partial charge >= 0.3 is 0 Å². The Balaban J connectivity index is 1.65. The van der Waals surface area contributed by atoms with Crippen LogP contribution in [0.3, 0.4) is 0 Å². The van der Waals surface area contributed by atoms with Crippen molar-refractivity contribution in [2.45, 2.75) is 32.2 Å². The molecule has 2 atom stereocenters. The van der Waals surface area contributed by atoms with E-state index in [1.807, 2.05) is 31.2 Å². The van der Waals surface area contributed by atoms with Crippen LogP contribution in [0.5, 0.6) is 0 Å². The number of nitrogens with one attached hydrogen (secondary N) is 1. The standard InChI is InChI=1S/C17H20BrN3O4S/c1-2-14(19-15(22)8-11-6-7-26(23,24)10-11)16-20-17(25-21-16)12-4-3-5-13(18)9-12/h3-5,9,11,14H,2,6-8,10H2,1H3,(H,19,22)/t11-,14+/m1/s1. The largest absolute Gasteiger partial charge is 0.346 e. The SMILES string of the molecule is CC[C@H](NC(=O)C[C@H]1CCS(=O)(=O)C1)c1noc(-c2cccc(Br)c2)n1. The molecule has 0 saturated carbocycles. The van der Waals surface area contributed by atoms with E-state index < -0.39 is 9.84 Å². The van der Waals surface area contributed by atoms with Gasteiger partial charge in [0, 0.05) is 16.5 Å². The van der Waals surface area contributed by atoms with Crippen LogP contribution in [0.15, 0.2) is 33.3 Å². The summed E-state index contributed by atoms with van der Waals surface area (Å²) >= 11 is 3.40. The molecule has 26 heavy (non-hydrogen) atoms. The normalized spacial score (nSPS) is 20.0. The van der Waals surface area contributed by atoms with E-state index in [1.54, 1.807) is 0 Å². The number of amides is 1. The number of hydrogen-bond acceptors (Lipinski definition) is 6. The summed E-state index contributed by atoms with van der Waals surface area (Å²) in [6.45, 7) is 1.92. The van der Waals surface area contributed by atoms with Gasteiger partial charge in [0.2, 0.25) is 5.91 Å². The minimum absolute atomic E-state index is 0.0897. The molecule has 0 aliphatic carbocycles. The molecule has 1 saturated heterocycles. The molecule has 2 aromatic rings. The van der Waals surface area contributed by atoms with Gasteiger partial charge in [0.1, 0.15) is 0 Å². The van der Waals surface area contributed by atoms with E-state index in [2.05, 4.69) is 31.4 Å². The molecule has 0 radical (unpaired) electrons. The summed E-state index contributed by atoms with van der Waals surface area (Å²) in [5, 5.41) is 6.87. The van der Waals surface area contributed by atoms with Gasteiger partial charge in [-0.3, -0.25) is 4.79 Å². The fraction of sp³-hybridized carbons (Fsp3) is 0.471. The lowest BCUT2D eigenvalue weighted by Crippen LogP contribution is -2.30. The Morgan fingerprint density at radius 1 is 1.46 bits per heavy atom. The highest BCUT2D eigenvalue weighted by Crippen LogP contribution is 2.25. The number of halogens is 1. The predicted octanol–water partition coefficient (Wildman–Crippen LogP) is 2.89. The maximum atomic E-state index is 12.3. The van der Waals surface area contributed by atoms with E-state index in [0.29, 0.717) is 24.6 Å². The highest BCUT2D eigenvalue weighted by molar-refractivity contribution is 9.10. The third-order valence-corrected chi connectivity index (χ3v) is 6.70. The Labute approximate surface area is 160 Å². The van der Waals surface area contributed by atoms with Gasteiger partial charge in [0.05, 0.1) is 17.5 Å². The molecule has 3 rings (SSSR count). The zero-order valence-electron chi connectivity index (χ0n) is 14.3. The molecule has 0 bridgehead atoms. The van der Waals surface area contributed by atoms with Crippen LogP contribution in [0.4, 0.5) is 0 Å². The lowest BCUT2D eigenvalue weighted by atomic mass is 10.0. The highest BCUT2D eigenvalue weighted by atomic mass is 79.9. The first-order chi connectivity index (χ1) is 12.4. The summed E-state index contributed by atoms with van der Waals surface area (Å²) in [5.74, 6) is 0.758. The zero-order valence-corrected chi connectivity index (χ0v) is 16.7. The monoisotopic (exact) mass is 441 g/mol. The Morgan fingerprint density at radius 3 is 2.92 bits per heavy atom. The Hall–Kier alpha value is -1.74. The van der Waals surface area contributed by atoms with Gasteiger partial charge in [-0.1, -0.05) is 34.1 Å². The molecule has 1 aliphatic rings. The second kappa shape index (κ2) is 7.87. The maximum Gasteiger partial charge on any atom is 0.258 e. The highest BCUT2D eigenvalue weighted by Gasteiger charge is 2.30. The number of benzene rings is 1. The van der Waals surface area contributed by atoms with E-state index in [4.69, 9.17) is 4.52 Å². The topological polar surface area (TPSA) is 102 Å². The van der Waals surface area contributed by atoms with Gasteiger partial charge in [-0.2, -0.15) is 4.98 Å². The fourth-order valence-corrected chi connectivity index (χ4v) is 5.27. The minimum atomic E-state index is -2.98. The molecule has 1 fully saturated rings. The molecular weight excluding hydrogens is 422 g/mol. The van der Waals surface area contributed by atoms with Crippen molar-refractivity contribution >= 4 is 31.7 Å². The van der Waals surface area contributed by atoms with E-state index in [0.717, 1.165) is 10.0 Å². The predicted molar refractivity (Wildman–Crippen MR) is 100.0 cm³/mol. The number of carbonyl (C=O) groups excluding carboxylic acids is 1. The van der Waals surface area contributed by atoms with Crippen LogP contribution in [0.1, 0.15) is 38.1 Å². The van der Waals surface area contributed by atoms with Crippen molar-refractivity contribution in [1.82, 2.24) is 15.5 Å². The molecule has 1 aliphatic heterocycles. The summed E-state index contributed by atoms with van der Waals surface area (Å²) in [6, 6.07) is 7.14. The van der Waals surface area contributed by atoms with Crippen LogP contribution >= 0.6 is 15.9 Å². The van der Waals surface area contributed by atoms with Crippen LogP contribution < -0.4 is 5.32 Å². The molecule has 0 spiro atoms. The van der Waals surface area contributed by atoms with Gasteiger partial charge in [-0.05, 0) is 37.0 Å². The molecule has 2 heterocycles. The quantitative estimate of drug-likeness (QED) is 0.738. The number of carbonyl (C=O) groups is 1. The van der Waals surface area contributed by atoms with E-state index >= 15 is 0 Å². The molecule has 0 unspecified atom stereocenters. The van der Waals surface area contributed by atoms with Crippen molar-refractivity contribution in [3.8, 4) is 11.5 Å². The lowest BCUT2D eigenvalue weighted by Gasteiger charge is -2.14. The Bertz CT molecular complexity index is 897. The minimum Gasteiger partial charge on any atom is -0.346 e. The van der Waals surface area contributed by atoms with Crippen molar-refractivity contribution in [3.05, 3.63) is 34.6 Å². The number of rotatable bonds is 6. The van der Waals surface area contributed by atoms with Gasteiger partial charge in [0.25, 0.3) is 5.89 Å². The van der Waals surface area contributed by atoms with Crippen LogP contribution in [0.2, 0.25) is 0 Å². The van der Waals surface area contributed by atoms with Gasteiger partial charge in [-0.15, -0.1) is 0 Å². The summed E-state index contributed by atoms with van der Waals surface area (Å²) in [4.78, 5) is 16.7. The average molecular weight is 442 g/mol. The zero-order chi connectivity index (χ0) is 18.7. The molecule has 9 heteroatoms. The van der Waals surface area contributed by atoms with E-state index in [-0.39, 0.29) is 35.8 Å². The Kier molecular flexibility index (Phi) is 5.76. The van der Waals surface area contributed by atoms with Crippen molar-refractivity contribution < 1.29 is 17.7 Å². The van der Waals surface area contributed by atoms with Gasteiger partial charge in [-0.25, -0.2) is 8.42 Å². The van der Waals surface area contributed by atoms with Gasteiger partial charge < -0.3 is 9.84 Å². The number of aromatic nitrogens is 2. The molecule has 1 N–H and O–H groups in total. The van der Waals surface area contributed by atoms with E-state index in [9.17, 15) is 13.2 Å². The second-order valence-corrected chi connectivity index (χ2v) is 9.61. The number of hydrogen-bond donors (Lipinski definition) is 1. The molecule has 1 aromatic carbocycles. The number of nitrogens with zero attached hydrogens (tertiary/aromatic N) is 2. The number of sulfone groups is 1. The van der Waals surface area contributed by atoms with Gasteiger partial charge in [0.15, 0.2) is 15.7 Å². The average Bonchev–Trinajstić information content (AvgIpc) is 3.19. The summed E-state index contributed by atoms with van der Waals surface area (Å²) in [5.41, 5.74) is 0.787. The van der Waals surface area contributed by atoms with Crippen molar-refractivity contribution in [3.63, 3.8) is 0 Å². The van der Waals surface area contributed by atoms with Crippen LogP contribution in [-0.2, 0) is 14.6 Å². The summed E-state index contributed by atoms with van der Waals surface area (Å²) in [6.07, 6.45) is 1.35. The second-order valence-electron chi connectivity index (χ2n) is 6.47. The third-order valence-electron chi connectivity index (χ3n) is 4.37. The molecule has 1 aromatic heterocycles. The first kappa shape index (κ1) is 19.0. The van der Waals surface area contributed by atoms with Crippen molar-refractivity contribution in [1.29, 1.82) is 0 Å². The molecular formula is C17H20BrN3O4S. The molecule has 1 amide bonds. The molecule has 7 nitrogen and oxygen atoms in total. The third kappa shape index (κ3) is 4.70. The van der Waals surface area contributed by atoms with Crippen LogP contribution in [0, 0.1) is 5.92 Å². The van der Waals surface area contributed by atoms with Crippen molar-refractivity contribution in [2.75, 3.05) is 11.5 Å². The van der Waals surface area contributed by atoms with Crippen molar-refractivity contribution in [2.24, 2.45) is 5.92 Å². The summed E-state index contributed by atoms with van der Waals surface area (Å²) in [7, 11) is -2.98. The fourth-order valence-electron chi connectivity index (χ4n) is 3.01. The first-order valence-corrected chi connectivity index (χ1v) is 11.1. The Morgan fingerprint density at radius 2 is 2.27 bits per heavy atom.